The lowest BCUT2D eigenvalue weighted by atomic mass is 9.91. The van der Waals surface area contributed by atoms with Crippen LogP contribution in [0.5, 0.6) is 5.75 Å². The van der Waals surface area contributed by atoms with E-state index in [1.807, 2.05) is 18.2 Å². The van der Waals surface area contributed by atoms with E-state index >= 15 is 4.39 Å². The van der Waals surface area contributed by atoms with Crippen LogP contribution in [0.15, 0.2) is 42.5 Å². The molecule has 35 heavy (non-hydrogen) atoms. The van der Waals surface area contributed by atoms with Gasteiger partial charge in [-0.1, -0.05) is 36.4 Å². The molecule has 2 fully saturated rings. The average Bonchev–Trinajstić information content (AvgIpc) is 3.55. The molecule has 9 heteroatoms. The number of urea groups is 1. The molecule has 0 radical (unpaired) electrons. The first-order chi connectivity index (χ1) is 16.6. The number of likely N-dealkylation sites (N-methyl/N-ethyl adjacent to an activating group) is 1. The lowest BCUT2D eigenvalue weighted by molar-refractivity contribution is 0.146. The molecular weight excluding hydrogens is 469 g/mol. The zero-order valence-corrected chi connectivity index (χ0v) is 21.1. The van der Waals surface area contributed by atoms with Gasteiger partial charge >= 0.3 is 6.03 Å². The molecule has 1 saturated carbocycles. The maximum absolute atomic E-state index is 15.9. The van der Waals surface area contributed by atoms with Gasteiger partial charge < -0.3 is 14.5 Å². The van der Waals surface area contributed by atoms with Crippen molar-refractivity contribution in [2.24, 2.45) is 5.41 Å². The van der Waals surface area contributed by atoms with Gasteiger partial charge in [0.25, 0.3) is 0 Å². The van der Waals surface area contributed by atoms with Crippen molar-refractivity contribution in [2.45, 2.75) is 50.4 Å². The Morgan fingerprint density at radius 3 is 2.54 bits per heavy atom. The van der Waals surface area contributed by atoms with E-state index in [4.69, 9.17) is 4.74 Å². The summed E-state index contributed by atoms with van der Waals surface area (Å²) in [7, 11) is -1.86. The molecule has 3 aliphatic rings. The number of amides is 2. The molecule has 2 aliphatic heterocycles. The van der Waals surface area contributed by atoms with E-state index < -0.39 is 27.4 Å². The number of sulfonamides is 1. The zero-order chi connectivity index (χ0) is 25.0. The Morgan fingerprint density at radius 1 is 1.11 bits per heavy atom. The third kappa shape index (κ3) is 4.29. The van der Waals surface area contributed by atoms with Crippen molar-refractivity contribution in [3.05, 3.63) is 53.8 Å². The van der Waals surface area contributed by atoms with Gasteiger partial charge in [0.1, 0.15) is 18.2 Å². The van der Waals surface area contributed by atoms with Gasteiger partial charge in [-0.2, -0.15) is 0 Å². The second-order valence-electron chi connectivity index (χ2n) is 10.3. The summed E-state index contributed by atoms with van der Waals surface area (Å²) in [6.07, 6.45) is 1.89. The van der Waals surface area contributed by atoms with Gasteiger partial charge in [0.05, 0.1) is 17.8 Å². The van der Waals surface area contributed by atoms with Gasteiger partial charge in [-0.05, 0) is 44.7 Å². The van der Waals surface area contributed by atoms with Gasteiger partial charge in [0.2, 0.25) is 10.0 Å². The third-order valence-electron chi connectivity index (χ3n) is 7.68. The highest BCUT2D eigenvalue weighted by Crippen LogP contribution is 2.56. The van der Waals surface area contributed by atoms with Crippen molar-refractivity contribution < 1.29 is 22.3 Å². The molecule has 1 spiro atoms. The quantitative estimate of drug-likeness (QED) is 0.697. The van der Waals surface area contributed by atoms with Gasteiger partial charge in [-0.3, -0.25) is 0 Å². The minimum Gasteiger partial charge on any atom is -0.491 e. The van der Waals surface area contributed by atoms with Crippen LogP contribution in [0.1, 0.15) is 32.3 Å². The van der Waals surface area contributed by atoms with Crippen LogP contribution < -0.4 is 9.46 Å². The number of carbonyl (C=O) groups excluding carboxylic acids is 1. The Bertz CT molecular complexity index is 1240. The molecule has 0 aromatic heterocycles. The van der Waals surface area contributed by atoms with Crippen LogP contribution in [-0.4, -0.2) is 68.3 Å². The molecule has 1 saturated heterocycles. The highest BCUT2D eigenvalue weighted by Gasteiger charge is 2.61. The minimum atomic E-state index is -3.59. The van der Waals surface area contributed by atoms with Crippen LogP contribution in [0.3, 0.4) is 0 Å². The second kappa shape index (κ2) is 8.78. The summed E-state index contributed by atoms with van der Waals surface area (Å²) in [5.41, 5.74) is 1.23. The largest absolute Gasteiger partial charge is 0.491 e. The number of carbonyl (C=O) groups is 1. The third-order valence-corrected chi connectivity index (χ3v) is 9.50. The molecular formula is C26H32FN3O4S. The van der Waals surface area contributed by atoms with Crippen LogP contribution in [0.4, 0.5) is 9.18 Å². The average molecular weight is 502 g/mol. The number of hydrogen-bond acceptors (Lipinski definition) is 4. The number of nitrogens with one attached hydrogen (secondary N) is 1. The first-order valence-corrected chi connectivity index (χ1v) is 13.7. The van der Waals surface area contributed by atoms with E-state index in [9.17, 15) is 13.2 Å². The number of nitrogens with zero attached hydrogens (tertiary/aromatic N) is 2. The molecule has 0 unspecified atom stereocenters. The molecule has 5 rings (SSSR count). The number of fused-ring (bicyclic) bond motifs is 5. The SMILES string of the molecule is CC(C)S(=O)(=O)N[C@@H]1[C@@H]2Cc3cccc(c3F)-c3ccccc3OCCN(C)C(=O)N2CC12CC2. The minimum absolute atomic E-state index is 0.194. The van der Waals surface area contributed by atoms with Crippen molar-refractivity contribution in [3.8, 4) is 16.9 Å². The van der Waals surface area contributed by atoms with E-state index in [1.165, 1.54) is 0 Å². The summed E-state index contributed by atoms with van der Waals surface area (Å²) < 4.78 is 50.7. The summed E-state index contributed by atoms with van der Waals surface area (Å²) >= 11 is 0. The van der Waals surface area contributed by atoms with E-state index in [0.29, 0.717) is 35.5 Å². The highest BCUT2D eigenvalue weighted by molar-refractivity contribution is 7.90. The van der Waals surface area contributed by atoms with Crippen LogP contribution in [0.25, 0.3) is 11.1 Å². The maximum atomic E-state index is 15.9. The fourth-order valence-corrected chi connectivity index (χ4v) is 6.35. The highest BCUT2D eigenvalue weighted by atomic mass is 32.2. The van der Waals surface area contributed by atoms with Gasteiger partial charge in [-0.25, -0.2) is 22.3 Å². The molecule has 2 aromatic carbocycles. The number of benzene rings is 2. The zero-order valence-electron chi connectivity index (χ0n) is 20.3. The lowest BCUT2D eigenvalue weighted by Crippen LogP contribution is -2.53. The monoisotopic (exact) mass is 501 g/mol. The Kier molecular flexibility index (Phi) is 6.04. The van der Waals surface area contributed by atoms with Crippen molar-refractivity contribution >= 4 is 16.1 Å². The smallest absolute Gasteiger partial charge is 0.320 e. The fraction of sp³-hybridized carbons (Fsp3) is 0.500. The number of para-hydroxylation sites is 1. The summed E-state index contributed by atoms with van der Waals surface area (Å²) in [5.74, 6) is 0.189. The molecule has 2 atom stereocenters. The Morgan fingerprint density at radius 2 is 1.83 bits per heavy atom. The van der Waals surface area contributed by atoms with Crippen LogP contribution in [0, 0.1) is 11.2 Å². The first-order valence-electron chi connectivity index (χ1n) is 12.2. The van der Waals surface area contributed by atoms with E-state index in [0.717, 1.165) is 12.8 Å². The van der Waals surface area contributed by atoms with Crippen molar-refractivity contribution in [1.29, 1.82) is 0 Å². The maximum Gasteiger partial charge on any atom is 0.320 e. The molecule has 1 N–H and O–H groups in total. The first kappa shape index (κ1) is 24.1. The summed E-state index contributed by atoms with van der Waals surface area (Å²) in [6, 6.07) is 11.4. The van der Waals surface area contributed by atoms with Gasteiger partial charge in [0, 0.05) is 36.2 Å². The number of rotatable bonds is 3. The summed E-state index contributed by atoms with van der Waals surface area (Å²) in [6.45, 7) is 4.34. The topological polar surface area (TPSA) is 79.0 Å². The van der Waals surface area contributed by atoms with Crippen LogP contribution in [-0.2, 0) is 16.4 Å². The number of ether oxygens (including phenoxy) is 1. The van der Waals surface area contributed by atoms with Gasteiger partial charge in [-0.15, -0.1) is 0 Å². The summed E-state index contributed by atoms with van der Waals surface area (Å²) in [4.78, 5) is 16.9. The van der Waals surface area contributed by atoms with E-state index in [1.54, 1.807) is 55.0 Å². The Balaban J connectivity index is 1.61. The normalized spacial score (nSPS) is 23.7. The molecule has 2 bridgehead atoms. The standard InChI is InChI=1S/C26H32FN3O4S/c1-17(2)35(32,33)28-24-21-15-18-7-6-9-20(23(18)27)19-8-4-5-10-22(19)34-14-13-29(3)25(31)30(21)16-26(24)11-12-26/h4-10,17,21,24,28H,11-16H2,1-3H3/t21-,24+/m0/s1. The molecule has 2 aromatic rings. The van der Waals surface area contributed by atoms with E-state index in [-0.39, 0.29) is 30.3 Å². The molecule has 2 heterocycles. The van der Waals surface area contributed by atoms with E-state index in [2.05, 4.69) is 4.72 Å². The van der Waals surface area contributed by atoms with Crippen LogP contribution >= 0.6 is 0 Å². The van der Waals surface area contributed by atoms with Crippen LogP contribution in [0.2, 0.25) is 0 Å². The summed E-state index contributed by atoms with van der Waals surface area (Å²) in [5, 5.41) is -0.603. The number of hydrogen-bond donors (Lipinski definition) is 1. The second-order valence-corrected chi connectivity index (χ2v) is 12.5. The lowest BCUT2D eigenvalue weighted by Gasteiger charge is -2.32. The van der Waals surface area contributed by atoms with Crippen molar-refractivity contribution in [1.82, 2.24) is 14.5 Å². The molecule has 7 nitrogen and oxygen atoms in total. The predicted molar refractivity (Wildman–Crippen MR) is 132 cm³/mol. The predicted octanol–water partition coefficient (Wildman–Crippen LogP) is 3.64. The van der Waals surface area contributed by atoms with Gasteiger partial charge in [0.15, 0.2) is 0 Å². The molecule has 1 aliphatic carbocycles. The number of halogens is 1. The van der Waals surface area contributed by atoms with Crippen molar-refractivity contribution in [3.63, 3.8) is 0 Å². The Hall–Kier alpha value is -2.65. The molecule has 188 valence electrons. The Labute approximate surface area is 206 Å². The fourth-order valence-electron chi connectivity index (χ4n) is 5.32. The van der Waals surface area contributed by atoms with Crippen molar-refractivity contribution in [2.75, 3.05) is 26.7 Å². The molecule has 2 amide bonds.